The number of nitrogens with one attached hydrogen (secondary N) is 1. The van der Waals surface area contributed by atoms with Gasteiger partial charge in [0, 0.05) is 19.1 Å². The zero-order valence-corrected chi connectivity index (χ0v) is 13.8. The van der Waals surface area contributed by atoms with Gasteiger partial charge in [-0.05, 0) is 57.3 Å². The number of rotatable bonds is 5. The summed E-state index contributed by atoms with van der Waals surface area (Å²) in [5, 5.41) is 4.77. The van der Waals surface area contributed by atoms with E-state index in [1.54, 1.807) is 0 Å². The summed E-state index contributed by atoms with van der Waals surface area (Å²) in [6, 6.07) is 6.42. The highest BCUT2D eigenvalue weighted by Crippen LogP contribution is 2.27. The molecule has 0 atom stereocenters. The zero-order chi connectivity index (χ0) is 14.5. The molecule has 112 valence electrons. The summed E-state index contributed by atoms with van der Waals surface area (Å²) in [7, 11) is 0. The van der Waals surface area contributed by atoms with E-state index in [1.165, 1.54) is 12.8 Å². The molecule has 1 aromatic rings. The van der Waals surface area contributed by atoms with Gasteiger partial charge in [0.1, 0.15) is 0 Å². The van der Waals surface area contributed by atoms with Crippen LogP contribution in [0.4, 0.5) is 0 Å². The van der Waals surface area contributed by atoms with Crippen LogP contribution in [0, 0.1) is 5.92 Å². The topological polar surface area (TPSA) is 15.3 Å². The molecule has 1 fully saturated rings. The molecule has 0 bridgehead atoms. The minimum absolute atomic E-state index is 0.514. The number of halogens is 2. The number of hydrogen-bond donors (Lipinski definition) is 1. The van der Waals surface area contributed by atoms with Crippen LogP contribution in [0.25, 0.3) is 0 Å². The molecule has 0 aliphatic carbocycles. The lowest BCUT2D eigenvalue weighted by Crippen LogP contribution is -2.39. The highest BCUT2D eigenvalue weighted by atomic mass is 35.5. The molecule has 1 heterocycles. The van der Waals surface area contributed by atoms with Gasteiger partial charge >= 0.3 is 0 Å². The van der Waals surface area contributed by atoms with Crippen molar-refractivity contribution in [1.82, 2.24) is 10.2 Å². The van der Waals surface area contributed by atoms with Crippen molar-refractivity contribution >= 4 is 23.2 Å². The second-order valence-corrected chi connectivity index (χ2v) is 6.71. The molecule has 1 aliphatic heterocycles. The Morgan fingerprint density at radius 2 is 1.95 bits per heavy atom. The second kappa shape index (κ2) is 7.65. The number of nitrogens with zero attached hydrogens (tertiary/aromatic N) is 1. The van der Waals surface area contributed by atoms with E-state index >= 15 is 0 Å². The molecule has 2 rings (SSSR count). The van der Waals surface area contributed by atoms with E-state index in [-0.39, 0.29) is 0 Å². The quantitative estimate of drug-likeness (QED) is 0.876. The average Bonchev–Trinajstić information content (AvgIpc) is 2.44. The summed E-state index contributed by atoms with van der Waals surface area (Å²) in [4.78, 5) is 2.51. The molecular weight excluding hydrogens is 291 g/mol. The van der Waals surface area contributed by atoms with E-state index in [0.717, 1.165) is 37.7 Å². The van der Waals surface area contributed by atoms with Gasteiger partial charge in [-0.3, -0.25) is 4.90 Å². The van der Waals surface area contributed by atoms with Gasteiger partial charge in [0.05, 0.1) is 10.0 Å². The standard InChI is InChI=1S/C16H24Cl2N2/c1-12(2)20(10-13-6-8-19-9-7-13)11-14-4-3-5-15(17)16(14)18/h3-5,12-13,19H,6-11H2,1-2H3. The number of piperidine rings is 1. The number of hydrogen-bond acceptors (Lipinski definition) is 2. The maximum atomic E-state index is 6.32. The van der Waals surface area contributed by atoms with Crippen LogP contribution in [0.15, 0.2) is 18.2 Å². The van der Waals surface area contributed by atoms with Crippen molar-refractivity contribution in [2.45, 2.75) is 39.3 Å². The lowest BCUT2D eigenvalue weighted by molar-refractivity contribution is 0.162. The maximum absolute atomic E-state index is 6.32. The first-order valence-electron chi connectivity index (χ1n) is 7.45. The third kappa shape index (κ3) is 4.36. The van der Waals surface area contributed by atoms with Crippen molar-refractivity contribution in [1.29, 1.82) is 0 Å². The van der Waals surface area contributed by atoms with E-state index in [0.29, 0.717) is 16.1 Å². The highest BCUT2D eigenvalue weighted by molar-refractivity contribution is 6.42. The molecular formula is C16H24Cl2N2. The Labute approximate surface area is 132 Å². The van der Waals surface area contributed by atoms with Crippen LogP contribution in [-0.4, -0.2) is 30.6 Å². The third-order valence-corrected chi connectivity index (χ3v) is 4.94. The lowest BCUT2D eigenvalue weighted by atomic mass is 9.96. The molecule has 20 heavy (non-hydrogen) atoms. The van der Waals surface area contributed by atoms with Crippen LogP contribution in [0.1, 0.15) is 32.3 Å². The summed E-state index contributed by atoms with van der Waals surface area (Å²) in [6.07, 6.45) is 2.54. The Morgan fingerprint density at radius 3 is 2.60 bits per heavy atom. The lowest BCUT2D eigenvalue weighted by Gasteiger charge is -2.33. The Kier molecular flexibility index (Phi) is 6.16. The summed E-state index contributed by atoms with van der Waals surface area (Å²) >= 11 is 12.4. The van der Waals surface area contributed by atoms with E-state index in [1.807, 2.05) is 12.1 Å². The Bertz CT molecular complexity index is 428. The van der Waals surface area contributed by atoms with Gasteiger partial charge in [0.25, 0.3) is 0 Å². The van der Waals surface area contributed by atoms with Crippen molar-refractivity contribution in [2.75, 3.05) is 19.6 Å². The van der Waals surface area contributed by atoms with Gasteiger partial charge in [-0.2, -0.15) is 0 Å². The van der Waals surface area contributed by atoms with Crippen LogP contribution < -0.4 is 5.32 Å². The van der Waals surface area contributed by atoms with Crippen molar-refractivity contribution in [3.63, 3.8) is 0 Å². The smallest absolute Gasteiger partial charge is 0.0637 e. The predicted octanol–water partition coefficient (Wildman–Crippen LogP) is 4.20. The summed E-state index contributed by atoms with van der Waals surface area (Å²) < 4.78 is 0. The molecule has 2 nitrogen and oxygen atoms in total. The molecule has 1 saturated heterocycles. The fourth-order valence-electron chi connectivity index (χ4n) is 2.74. The molecule has 1 aliphatic rings. The Morgan fingerprint density at radius 1 is 1.25 bits per heavy atom. The Hall–Kier alpha value is -0.280. The largest absolute Gasteiger partial charge is 0.317 e. The minimum atomic E-state index is 0.514. The normalized spacial score (nSPS) is 17.1. The predicted molar refractivity (Wildman–Crippen MR) is 87.6 cm³/mol. The molecule has 1 aromatic carbocycles. The molecule has 1 N–H and O–H groups in total. The van der Waals surface area contributed by atoms with Crippen LogP contribution in [0.2, 0.25) is 10.0 Å². The van der Waals surface area contributed by atoms with Gasteiger partial charge in [0.15, 0.2) is 0 Å². The van der Waals surface area contributed by atoms with Crippen LogP contribution >= 0.6 is 23.2 Å². The zero-order valence-electron chi connectivity index (χ0n) is 12.3. The molecule has 0 saturated carbocycles. The van der Waals surface area contributed by atoms with Gasteiger partial charge in [-0.15, -0.1) is 0 Å². The molecule has 0 spiro atoms. The Balaban J connectivity index is 2.03. The van der Waals surface area contributed by atoms with E-state index in [9.17, 15) is 0 Å². The van der Waals surface area contributed by atoms with Crippen LogP contribution in [-0.2, 0) is 6.54 Å². The monoisotopic (exact) mass is 314 g/mol. The van der Waals surface area contributed by atoms with E-state index < -0.39 is 0 Å². The molecule has 0 aromatic heterocycles. The molecule has 4 heteroatoms. The van der Waals surface area contributed by atoms with Gasteiger partial charge in [-0.25, -0.2) is 0 Å². The molecule has 0 radical (unpaired) electrons. The fourth-order valence-corrected chi connectivity index (χ4v) is 3.12. The maximum Gasteiger partial charge on any atom is 0.0637 e. The second-order valence-electron chi connectivity index (χ2n) is 5.93. The first-order chi connectivity index (χ1) is 9.58. The number of benzene rings is 1. The first kappa shape index (κ1) is 16.1. The SMILES string of the molecule is CC(C)N(Cc1cccc(Cl)c1Cl)CC1CCNCC1. The van der Waals surface area contributed by atoms with Crippen molar-refractivity contribution in [2.24, 2.45) is 5.92 Å². The van der Waals surface area contributed by atoms with Crippen LogP contribution in [0.3, 0.4) is 0 Å². The summed E-state index contributed by atoms with van der Waals surface area (Å²) in [6.45, 7) is 8.81. The van der Waals surface area contributed by atoms with Gasteiger partial charge in [-0.1, -0.05) is 35.3 Å². The van der Waals surface area contributed by atoms with Gasteiger partial charge < -0.3 is 5.32 Å². The highest BCUT2D eigenvalue weighted by Gasteiger charge is 2.20. The summed E-state index contributed by atoms with van der Waals surface area (Å²) in [5.41, 5.74) is 1.13. The summed E-state index contributed by atoms with van der Waals surface area (Å²) in [5.74, 6) is 0.789. The van der Waals surface area contributed by atoms with Gasteiger partial charge in [0.2, 0.25) is 0 Å². The van der Waals surface area contributed by atoms with E-state index in [2.05, 4.69) is 30.1 Å². The third-order valence-electron chi connectivity index (χ3n) is 4.09. The van der Waals surface area contributed by atoms with Crippen molar-refractivity contribution < 1.29 is 0 Å². The first-order valence-corrected chi connectivity index (χ1v) is 8.21. The van der Waals surface area contributed by atoms with Crippen molar-refractivity contribution in [3.05, 3.63) is 33.8 Å². The van der Waals surface area contributed by atoms with Crippen molar-refractivity contribution in [3.8, 4) is 0 Å². The van der Waals surface area contributed by atoms with Crippen LogP contribution in [0.5, 0.6) is 0 Å². The van der Waals surface area contributed by atoms with E-state index in [4.69, 9.17) is 23.2 Å². The molecule has 0 unspecified atom stereocenters. The average molecular weight is 315 g/mol. The fraction of sp³-hybridized carbons (Fsp3) is 0.625. The minimum Gasteiger partial charge on any atom is -0.317 e. The molecule has 0 amide bonds.